The Kier molecular flexibility index (Phi) is 6.83. The zero-order valence-corrected chi connectivity index (χ0v) is 18.3. The molecule has 2 aromatic rings. The van der Waals surface area contributed by atoms with Gasteiger partial charge in [0.25, 0.3) is 0 Å². The lowest BCUT2D eigenvalue weighted by Crippen LogP contribution is -2.42. The van der Waals surface area contributed by atoms with Crippen LogP contribution in [0.3, 0.4) is 0 Å². The number of pyridine rings is 1. The Morgan fingerprint density at radius 1 is 1.12 bits per heavy atom. The molecule has 9 nitrogen and oxygen atoms in total. The van der Waals surface area contributed by atoms with Crippen molar-refractivity contribution in [3.8, 4) is 6.07 Å². The minimum Gasteiger partial charge on any atom is -0.356 e. The number of benzene rings is 1. The first kappa shape index (κ1) is 22.3. The molecular formula is C24H26N6O3. The third-order valence-electron chi connectivity index (χ3n) is 6.07. The van der Waals surface area contributed by atoms with Crippen molar-refractivity contribution >= 4 is 34.9 Å². The summed E-state index contributed by atoms with van der Waals surface area (Å²) in [5.41, 5.74) is 1.75. The third-order valence-corrected chi connectivity index (χ3v) is 6.07. The largest absolute Gasteiger partial charge is 0.356 e. The number of anilines is 3. The highest BCUT2D eigenvalue weighted by Gasteiger charge is 2.24. The molecule has 3 amide bonds. The molecule has 0 radical (unpaired) electrons. The van der Waals surface area contributed by atoms with Crippen molar-refractivity contribution in [1.29, 1.82) is 5.26 Å². The predicted molar refractivity (Wildman–Crippen MR) is 124 cm³/mol. The number of nitrogens with zero attached hydrogens (tertiary/aromatic N) is 4. The maximum absolute atomic E-state index is 12.3. The van der Waals surface area contributed by atoms with E-state index >= 15 is 0 Å². The number of rotatable bonds is 5. The average Bonchev–Trinajstić information content (AvgIpc) is 3.28. The van der Waals surface area contributed by atoms with E-state index in [0.29, 0.717) is 36.6 Å². The molecular weight excluding hydrogens is 420 g/mol. The molecule has 2 aliphatic rings. The second-order valence-electron chi connectivity index (χ2n) is 8.28. The molecule has 2 saturated heterocycles. The molecule has 2 aliphatic heterocycles. The summed E-state index contributed by atoms with van der Waals surface area (Å²) in [5.74, 6) is -0.410. The van der Waals surface area contributed by atoms with Crippen LogP contribution in [0.4, 0.5) is 17.2 Å². The second-order valence-corrected chi connectivity index (χ2v) is 8.28. The smallest absolute Gasteiger partial charge is 0.313 e. The van der Waals surface area contributed by atoms with Gasteiger partial charge in [-0.2, -0.15) is 5.26 Å². The molecule has 0 spiro atoms. The Morgan fingerprint density at radius 2 is 1.94 bits per heavy atom. The van der Waals surface area contributed by atoms with Gasteiger partial charge in [-0.25, -0.2) is 4.98 Å². The molecule has 0 bridgehead atoms. The molecule has 2 fully saturated rings. The highest BCUT2D eigenvalue weighted by atomic mass is 16.2. The fraction of sp³-hybridized carbons (Fsp3) is 0.375. The van der Waals surface area contributed by atoms with Gasteiger partial charge in [-0.3, -0.25) is 14.4 Å². The van der Waals surface area contributed by atoms with E-state index in [2.05, 4.69) is 26.6 Å². The Morgan fingerprint density at radius 3 is 2.67 bits per heavy atom. The Labute approximate surface area is 192 Å². The number of aromatic nitrogens is 1. The van der Waals surface area contributed by atoms with Gasteiger partial charge in [-0.05, 0) is 55.5 Å². The van der Waals surface area contributed by atoms with Crippen molar-refractivity contribution in [3.05, 3.63) is 48.2 Å². The molecule has 9 heteroatoms. The summed E-state index contributed by atoms with van der Waals surface area (Å²) in [5, 5.41) is 14.6. The fourth-order valence-corrected chi connectivity index (χ4v) is 4.26. The summed E-state index contributed by atoms with van der Waals surface area (Å²) in [4.78, 5) is 44.7. The van der Waals surface area contributed by atoms with Crippen LogP contribution in [0.5, 0.6) is 0 Å². The van der Waals surface area contributed by atoms with E-state index in [1.54, 1.807) is 41.4 Å². The zero-order chi connectivity index (χ0) is 23.2. The first-order valence-electron chi connectivity index (χ1n) is 11.1. The van der Waals surface area contributed by atoms with Crippen LogP contribution in [0.1, 0.15) is 31.2 Å². The monoisotopic (exact) mass is 446 g/mol. The number of hydrogen-bond acceptors (Lipinski definition) is 6. The molecule has 0 aliphatic carbocycles. The van der Waals surface area contributed by atoms with Gasteiger partial charge in [0.1, 0.15) is 11.9 Å². The van der Waals surface area contributed by atoms with Gasteiger partial charge >= 0.3 is 11.8 Å². The van der Waals surface area contributed by atoms with Crippen molar-refractivity contribution in [2.75, 3.05) is 41.3 Å². The Balaban J connectivity index is 1.25. The van der Waals surface area contributed by atoms with Crippen LogP contribution in [-0.2, 0) is 14.4 Å². The SMILES string of the molecule is N#Cc1cccnc1N1CCC(CNC(=O)C(=O)Nc2cccc(N3CCCC3=O)c2)CC1. The number of hydrogen-bond donors (Lipinski definition) is 2. The van der Waals surface area contributed by atoms with Crippen LogP contribution in [-0.4, -0.2) is 48.9 Å². The molecule has 170 valence electrons. The van der Waals surface area contributed by atoms with Gasteiger partial charge in [-0.1, -0.05) is 6.07 Å². The molecule has 2 N–H and O–H groups in total. The van der Waals surface area contributed by atoms with Crippen molar-refractivity contribution in [3.63, 3.8) is 0 Å². The van der Waals surface area contributed by atoms with Crippen molar-refractivity contribution < 1.29 is 14.4 Å². The van der Waals surface area contributed by atoms with Crippen LogP contribution in [0, 0.1) is 17.2 Å². The number of piperidine rings is 1. The molecule has 0 atom stereocenters. The summed E-state index contributed by atoms with van der Waals surface area (Å²) in [7, 11) is 0. The van der Waals surface area contributed by atoms with Gasteiger partial charge in [0, 0.05) is 50.2 Å². The van der Waals surface area contributed by atoms with Gasteiger partial charge < -0.3 is 20.4 Å². The zero-order valence-electron chi connectivity index (χ0n) is 18.3. The average molecular weight is 447 g/mol. The van der Waals surface area contributed by atoms with Crippen molar-refractivity contribution in [2.45, 2.75) is 25.7 Å². The molecule has 1 aromatic heterocycles. The third kappa shape index (κ3) is 5.29. The van der Waals surface area contributed by atoms with E-state index in [1.165, 1.54) is 0 Å². The van der Waals surface area contributed by atoms with E-state index in [9.17, 15) is 19.6 Å². The first-order valence-corrected chi connectivity index (χ1v) is 11.1. The number of amides is 3. The van der Waals surface area contributed by atoms with E-state index in [-0.39, 0.29) is 11.8 Å². The molecule has 3 heterocycles. The quantitative estimate of drug-likeness (QED) is 0.679. The molecule has 0 unspecified atom stereocenters. The summed E-state index contributed by atoms with van der Waals surface area (Å²) >= 11 is 0. The van der Waals surface area contributed by atoms with Crippen LogP contribution < -0.4 is 20.4 Å². The van der Waals surface area contributed by atoms with Gasteiger partial charge in [0.15, 0.2) is 0 Å². The molecule has 33 heavy (non-hydrogen) atoms. The van der Waals surface area contributed by atoms with E-state index in [4.69, 9.17) is 0 Å². The summed E-state index contributed by atoms with van der Waals surface area (Å²) in [6.07, 6.45) is 4.68. The summed E-state index contributed by atoms with van der Waals surface area (Å²) < 4.78 is 0. The van der Waals surface area contributed by atoms with Crippen molar-refractivity contribution in [2.24, 2.45) is 5.92 Å². The number of carbonyl (C=O) groups is 3. The highest BCUT2D eigenvalue weighted by Crippen LogP contribution is 2.25. The molecule has 0 saturated carbocycles. The Bertz CT molecular complexity index is 1090. The lowest BCUT2D eigenvalue weighted by molar-refractivity contribution is -0.136. The van der Waals surface area contributed by atoms with E-state index in [1.807, 2.05) is 6.07 Å². The highest BCUT2D eigenvalue weighted by molar-refractivity contribution is 6.39. The standard InChI is InChI=1S/C24H26N6O3/c25-15-18-4-2-10-26-22(18)29-12-8-17(9-13-29)16-27-23(32)24(33)28-19-5-1-6-20(14-19)30-11-3-7-21(30)31/h1-2,4-6,10,14,17H,3,7-9,11-13,16H2,(H,27,32)(H,28,33). The van der Waals surface area contributed by atoms with Crippen LogP contribution >= 0.6 is 0 Å². The summed E-state index contributed by atoms with van der Waals surface area (Å²) in [6.45, 7) is 2.55. The lowest BCUT2D eigenvalue weighted by Gasteiger charge is -2.33. The van der Waals surface area contributed by atoms with Crippen molar-refractivity contribution in [1.82, 2.24) is 10.3 Å². The van der Waals surface area contributed by atoms with Crippen LogP contribution in [0.15, 0.2) is 42.6 Å². The fourth-order valence-electron chi connectivity index (χ4n) is 4.26. The molecule has 4 rings (SSSR count). The predicted octanol–water partition coefficient (Wildman–Crippen LogP) is 2.05. The molecule has 1 aromatic carbocycles. The summed E-state index contributed by atoms with van der Waals surface area (Å²) in [6, 6.07) is 12.6. The van der Waals surface area contributed by atoms with Gasteiger partial charge in [0.05, 0.1) is 5.56 Å². The maximum atomic E-state index is 12.3. The maximum Gasteiger partial charge on any atom is 0.313 e. The topological polar surface area (TPSA) is 118 Å². The number of nitriles is 1. The number of nitrogens with one attached hydrogen (secondary N) is 2. The van der Waals surface area contributed by atoms with E-state index in [0.717, 1.165) is 38.0 Å². The minimum absolute atomic E-state index is 0.0640. The van der Waals surface area contributed by atoms with Crippen LogP contribution in [0.25, 0.3) is 0 Å². The van der Waals surface area contributed by atoms with Gasteiger partial charge in [0.2, 0.25) is 5.91 Å². The van der Waals surface area contributed by atoms with Gasteiger partial charge in [-0.15, -0.1) is 0 Å². The first-order chi connectivity index (χ1) is 16.0. The normalized spacial score (nSPS) is 16.4. The lowest BCUT2D eigenvalue weighted by atomic mass is 9.96. The Hall–Kier alpha value is -3.93. The van der Waals surface area contributed by atoms with E-state index < -0.39 is 11.8 Å². The number of carbonyl (C=O) groups excluding carboxylic acids is 3. The second kappa shape index (κ2) is 10.1. The minimum atomic E-state index is -0.732. The van der Waals surface area contributed by atoms with Crippen LogP contribution in [0.2, 0.25) is 0 Å².